The van der Waals surface area contributed by atoms with Crippen molar-refractivity contribution in [1.29, 1.82) is 0 Å². The van der Waals surface area contributed by atoms with Crippen molar-refractivity contribution in [3.63, 3.8) is 0 Å². The minimum absolute atomic E-state index is 0.0282. The van der Waals surface area contributed by atoms with E-state index in [-0.39, 0.29) is 22.4 Å². The fourth-order valence-corrected chi connectivity index (χ4v) is 3.44. The predicted octanol–water partition coefficient (Wildman–Crippen LogP) is 3.67. The second-order valence-corrected chi connectivity index (χ2v) is 7.46. The molecule has 1 aromatic heterocycles. The van der Waals surface area contributed by atoms with Gasteiger partial charge in [-0.15, -0.1) is 0 Å². The van der Waals surface area contributed by atoms with Crippen LogP contribution in [0.3, 0.4) is 0 Å². The van der Waals surface area contributed by atoms with Crippen LogP contribution in [0.2, 0.25) is 5.02 Å². The van der Waals surface area contributed by atoms with Gasteiger partial charge in [-0.2, -0.15) is 4.98 Å². The van der Waals surface area contributed by atoms with E-state index in [1.54, 1.807) is 48.5 Å². The fourth-order valence-electron chi connectivity index (χ4n) is 2.06. The molecule has 0 spiro atoms. The minimum atomic E-state index is -3.54. The number of hydrogen-bond donors (Lipinski definition) is 0. The Bertz CT molecular complexity index is 934. The maximum atomic E-state index is 12.4. The van der Waals surface area contributed by atoms with Crippen molar-refractivity contribution in [2.24, 2.45) is 0 Å². The van der Waals surface area contributed by atoms with Crippen LogP contribution in [0, 0.1) is 6.92 Å². The largest absolute Gasteiger partial charge is 0.338 e. The molecule has 118 valence electrons. The van der Waals surface area contributed by atoms with Gasteiger partial charge in [0.2, 0.25) is 11.7 Å². The van der Waals surface area contributed by atoms with Crippen LogP contribution in [-0.4, -0.2) is 18.6 Å². The van der Waals surface area contributed by atoms with Crippen molar-refractivity contribution < 1.29 is 12.9 Å². The van der Waals surface area contributed by atoms with Crippen molar-refractivity contribution in [2.75, 3.05) is 0 Å². The summed E-state index contributed by atoms with van der Waals surface area (Å²) >= 11 is 6.07. The molecule has 0 N–H and O–H groups in total. The van der Waals surface area contributed by atoms with Crippen LogP contribution >= 0.6 is 11.6 Å². The Morgan fingerprint density at radius 2 is 1.78 bits per heavy atom. The first kappa shape index (κ1) is 15.7. The molecule has 0 unspecified atom stereocenters. The van der Waals surface area contributed by atoms with E-state index in [1.165, 1.54) is 0 Å². The molecule has 2 aromatic carbocycles. The van der Waals surface area contributed by atoms with Gasteiger partial charge in [-0.05, 0) is 31.2 Å². The van der Waals surface area contributed by atoms with Crippen molar-refractivity contribution in [3.05, 3.63) is 65.0 Å². The first-order valence-corrected chi connectivity index (χ1v) is 8.86. The molecule has 3 rings (SSSR count). The quantitative estimate of drug-likeness (QED) is 0.719. The number of aryl methyl sites for hydroxylation is 1. The van der Waals surface area contributed by atoms with Crippen molar-refractivity contribution >= 4 is 21.4 Å². The third-order valence-corrected chi connectivity index (χ3v) is 5.22. The Balaban J connectivity index is 1.87. The summed E-state index contributed by atoms with van der Waals surface area (Å²) in [5.41, 5.74) is 1.58. The molecular formula is C16H13ClN2O3S. The third-order valence-electron chi connectivity index (χ3n) is 3.28. The first-order valence-electron chi connectivity index (χ1n) is 6.82. The van der Waals surface area contributed by atoms with Gasteiger partial charge in [-0.1, -0.05) is 46.6 Å². The zero-order valence-corrected chi connectivity index (χ0v) is 13.8. The fraction of sp³-hybridized carbons (Fsp3) is 0.125. The Kier molecular flexibility index (Phi) is 4.19. The molecule has 0 radical (unpaired) electrons. The number of benzene rings is 2. The average molecular weight is 349 g/mol. The van der Waals surface area contributed by atoms with E-state index < -0.39 is 9.84 Å². The van der Waals surface area contributed by atoms with Crippen LogP contribution < -0.4 is 0 Å². The van der Waals surface area contributed by atoms with E-state index in [1.807, 2.05) is 6.92 Å². The first-order chi connectivity index (χ1) is 11.0. The lowest BCUT2D eigenvalue weighted by molar-refractivity contribution is 0.389. The molecule has 0 saturated carbocycles. The second kappa shape index (κ2) is 6.14. The normalized spacial score (nSPS) is 11.6. The highest BCUT2D eigenvalue weighted by atomic mass is 35.5. The summed E-state index contributed by atoms with van der Waals surface area (Å²) in [7, 11) is -3.54. The summed E-state index contributed by atoms with van der Waals surface area (Å²) in [5, 5.41) is 4.28. The zero-order chi connectivity index (χ0) is 16.4. The molecule has 0 amide bonds. The van der Waals surface area contributed by atoms with Crippen molar-refractivity contribution in [3.8, 4) is 11.4 Å². The lowest BCUT2D eigenvalue weighted by atomic mass is 10.2. The van der Waals surface area contributed by atoms with Gasteiger partial charge in [-0.25, -0.2) is 8.42 Å². The second-order valence-electron chi connectivity index (χ2n) is 5.06. The molecule has 0 bridgehead atoms. The van der Waals surface area contributed by atoms with Crippen LogP contribution in [0.25, 0.3) is 11.4 Å². The van der Waals surface area contributed by atoms with Crippen molar-refractivity contribution in [1.82, 2.24) is 10.1 Å². The van der Waals surface area contributed by atoms with Gasteiger partial charge in [0.05, 0.1) is 9.92 Å². The van der Waals surface area contributed by atoms with Crippen molar-refractivity contribution in [2.45, 2.75) is 17.6 Å². The Labute approximate surface area is 138 Å². The number of hydrogen-bond acceptors (Lipinski definition) is 5. The standard InChI is InChI=1S/C16H13ClN2O3S/c1-11-6-8-12(9-7-11)23(20,21)10-15-18-16(19-22-15)13-4-2-3-5-14(13)17/h2-9H,10H2,1H3. The molecule has 0 atom stereocenters. The van der Waals surface area contributed by atoms with Crippen LogP contribution in [0.1, 0.15) is 11.5 Å². The van der Waals surface area contributed by atoms with E-state index in [2.05, 4.69) is 10.1 Å². The Morgan fingerprint density at radius 1 is 1.09 bits per heavy atom. The summed E-state index contributed by atoms with van der Waals surface area (Å²) in [6.45, 7) is 1.89. The summed E-state index contributed by atoms with van der Waals surface area (Å²) in [4.78, 5) is 4.35. The predicted molar refractivity (Wildman–Crippen MR) is 86.8 cm³/mol. The van der Waals surface area contributed by atoms with Crippen LogP contribution in [0.15, 0.2) is 57.9 Å². The molecule has 0 aliphatic rings. The number of nitrogens with zero attached hydrogens (tertiary/aromatic N) is 2. The monoisotopic (exact) mass is 348 g/mol. The molecule has 0 saturated heterocycles. The third kappa shape index (κ3) is 3.43. The van der Waals surface area contributed by atoms with Gasteiger partial charge in [0.15, 0.2) is 9.84 Å². The highest BCUT2D eigenvalue weighted by Gasteiger charge is 2.20. The maximum absolute atomic E-state index is 12.4. The van der Waals surface area contributed by atoms with Crippen LogP contribution in [0.4, 0.5) is 0 Å². The molecular weight excluding hydrogens is 336 g/mol. The van der Waals surface area contributed by atoms with Gasteiger partial charge in [-0.3, -0.25) is 0 Å². The maximum Gasteiger partial charge on any atom is 0.242 e. The average Bonchev–Trinajstić information content (AvgIpc) is 2.95. The summed E-state index contributed by atoms with van der Waals surface area (Å²) in [6, 6.07) is 13.6. The van der Waals surface area contributed by atoms with E-state index in [4.69, 9.17) is 16.1 Å². The number of halogens is 1. The van der Waals surface area contributed by atoms with Gasteiger partial charge in [0, 0.05) is 5.56 Å². The van der Waals surface area contributed by atoms with Gasteiger partial charge < -0.3 is 4.52 Å². The molecule has 5 nitrogen and oxygen atoms in total. The number of aromatic nitrogens is 2. The number of rotatable bonds is 4. The SMILES string of the molecule is Cc1ccc(S(=O)(=O)Cc2nc(-c3ccccc3Cl)no2)cc1. The lowest BCUT2D eigenvalue weighted by Crippen LogP contribution is -2.05. The van der Waals surface area contributed by atoms with Gasteiger partial charge >= 0.3 is 0 Å². The topological polar surface area (TPSA) is 73.1 Å². The molecule has 23 heavy (non-hydrogen) atoms. The van der Waals surface area contributed by atoms with E-state index >= 15 is 0 Å². The molecule has 3 aromatic rings. The molecule has 0 aliphatic carbocycles. The number of sulfone groups is 1. The molecule has 7 heteroatoms. The highest BCUT2D eigenvalue weighted by Crippen LogP contribution is 2.25. The summed E-state index contributed by atoms with van der Waals surface area (Å²) < 4.78 is 29.8. The van der Waals surface area contributed by atoms with E-state index in [0.29, 0.717) is 10.6 Å². The molecule has 1 heterocycles. The van der Waals surface area contributed by atoms with Gasteiger partial charge in [0.1, 0.15) is 5.75 Å². The van der Waals surface area contributed by atoms with Crippen LogP contribution in [-0.2, 0) is 15.6 Å². The molecule has 0 aliphatic heterocycles. The van der Waals surface area contributed by atoms with E-state index in [0.717, 1.165) is 5.56 Å². The highest BCUT2D eigenvalue weighted by molar-refractivity contribution is 7.90. The minimum Gasteiger partial charge on any atom is -0.338 e. The Morgan fingerprint density at radius 3 is 2.48 bits per heavy atom. The van der Waals surface area contributed by atoms with Crippen LogP contribution in [0.5, 0.6) is 0 Å². The van der Waals surface area contributed by atoms with E-state index in [9.17, 15) is 8.42 Å². The van der Waals surface area contributed by atoms with Gasteiger partial charge in [0.25, 0.3) is 0 Å². The zero-order valence-electron chi connectivity index (χ0n) is 12.2. The Hall–Kier alpha value is -2.18. The summed E-state index contributed by atoms with van der Waals surface area (Å²) in [5.74, 6) is -0.0572. The smallest absolute Gasteiger partial charge is 0.242 e. The lowest BCUT2D eigenvalue weighted by Gasteiger charge is -2.01. The molecule has 0 fully saturated rings. The summed E-state index contributed by atoms with van der Waals surface area (Å²) in [6.07, 6.45) is 0.